The van der Waals surface area contributed by atoms with Crippen LogP contribution in [-0.2, 0) is 20.8 Å². The van der Waals surface area contributed by atoms with Crippen molar-refractivity contribution in [1.29, 1.82) is 0 Å². The fraction of sp³-hybridized carbons (Fsp3) is 0.500. The van der Waals surface area contributed by atoms with E-state index in [1.807, 2.05) is 44.2 Å². The SMILES string of the molecule is C=C[C@H]1OC(C)(C)O[C@@H]1[C@@H](CO)OCc1ccccc1. The maximum atomic E-state index is 9.55. The number of hydrogen-bond donors (Lipinski definition) is 1. The molecule has 1 heterocycles. The summed E-state index contributed by atoms with van der Waals surface area (Å²) >= 11 is 0. The predicted octanol–water partition coefficient (Wildman–Crippen LogP) is 2.27. The minimum atomic E-state index is -0.687. The summed E-state index contributed by atoms with van der Waals surface area (Å²) in [7, 11) is 0. The summed E-state index contributed by atoms with van der Waals surface area (Å²) < 4.78 is 17.3. The second kappa shape index (κ2) is 6.50. The number of aliphatic hydroxyl groups is 1. The largest absolute Gasteiger partial charge is 0.394 e. The third-order valence-electron chi connectivity index (χ3n) is 3.25. The fourth-order valence-corrected chi connectivity index (χ4v) is 2.32. The number of benzene rings is 1. The van der Waals surface area contributed by atoms with E-state index >= 15 is 0 Å². The fourth-order valence-electron chi connectivity index (χ4n) is 2.32. The molecule has 0 amide bonds. The molecule has 1 aromatic rings. The first-order valence-electron chi connectivity index (χ1n) is 6.80. The molecule has 1 saturated heterocycles. The third kappa shape index (κ3) is 3.67. The van der Waals surface area contributed by atoms with Crippen LogP contribution in [0.3, 0.4) is 0 Å². The van der Waals surface area contributed by atoms with Gasteiger partial charge in [-0.2, -0.15) is 0 Å². The van der Waals surface area contributed by atoms with Gasteiger partial charge < -0.3 is 19.3 Å². The first-order valence-corrected chi connectivity index (χ1v) is 6.80. The van der Waals surface area contributed by atoms with Gasteiger partial charge in [-0.05, 0) is 19.4 Å². The van der Waals surface area contributed by atoms with Gasteiger partial charge >= 0.3 is 0 Å². The van der Waals surface area contributed by atoms with Crippen LogP contribution in [0, 0.1) is 0 Å². The lowest BCUT2D eigenvalue weighted by Gasteiger charge is -2.24. The van der Waals surface area contributed by atoms with Gasteiger partial charge in [0, 0.05) is 0 Å². The van der Waals surface area contributed by atoms with Crippen LogP contribution < -0.4 is 0 Å². The van der Waals surface area contributed by atoms with Crippen LogP contribution in [0.2, 0.25) is 0 Å². The zero-order valence-corrected chi connectivity index (χ0v) is 12.0. The van der Waals surface area contributed by atoms with E-state index in [-0.39, 0.29) is 18.8 Å². The van der Waals surface area contributed by atoms with Crippen molar-refractivity contribution in [1.82, 2.24) is 0 Å². The van der Waals surface area contributed by atoms with Crippen molar-refractivity contribution in [2.24, 2.45) is 0 Å². The molecule has 0 bridgehead atoms. The highest BCUT2D eigenvalue weighted by molar-refractivity contribution is 5.13. The van der Waals surface area contributed by atoms with E-state index in [0.29, 0.717) is 6.61 Å². The predicted molar refractivity (Wildman–Crippen MR) is 76.1 cm³/mol. The van der Waals surface area contributed by atoms with Crippen molar-refractivity contribution >= 4 is 0 Å². The smallest absolute Gasteiger partial charge is 0.164 e. The number of aliphatic hydroxyl groups excluding tert-OH is 1. The maximum absolute atomic E-state index is 9.55. The molecule has 0 saturated carbocycles. The molecule has 2 rings (SSSR count). The quantitative estimate of drug-likeness (QED) is 0.811. The number of rotatable bonds is 6. The highest BCUT2D eigenvalue weighted by Crippen LogP contribution is 2.31. The van der Waals surface area contributed by atoms with Crippen LogP contribution in [0.25, 0.3) is 0 Å². The molecule has 3 atom stereocenters. The van der Waals surface area contributed by atoms with Crippen molar-refractivity contribution in [3.63, 3.8) is 0 Å². The van der Waals surface area contributed by atoms with E-state index < -0.39 is 11.9 Å². The average Bonchev–Trinajstić information content (AvgIpc) is 2.76. The molecular weight excluding hydrogens is 256 g/mol. The summed E-state index contributed by atoms with van der Waals surface area (Å²) in [5, 5.41) is 9.55. The van der Waals surface area contributed by atoms with Crippen molar-refractivity contribution in [3.8, 4) is 0 Å². The van der Waals surface area contributed by atoms with Gasteiger partial charge in [0.05, 0.1) is 13.2 Å². The van der Waals surface area contributed by atoms with Gasteiger partial charge in [-0.1, -0.05) is 36.4 Å². The van der Waals surface area contributed by atoms with Gasteiger partial charge in [-0.3, -0.25) is 0 Å². The van der Waals surface area contributed by atoms with Crippen LogP contribution in [-0.4, -0.2) is 35.8 Å². The number of ether oxygens (including phenoxy) is 3. The molecule has 1 aliphatic rings. The van der Waals surface area contributed by atoms with E-state index in [9.17, 15) is 5.11 Å². The van der Waals surface area contributed by atoms with Crippen LogP contribution in [0.4, 0.5) is 0 Å². The van der Waals surface area contributed by atoms with Crippen LogP contribution in [0.5, 0.6) is 0 Å². The molecule has 0 aliphatic carbocycles. The molecule has 4 nitrogen and oxygen atoms in total. The topological polar surface area (TPSA) is 47.9 Å². The average molecular weight is 278 g/mol. The Labute approximate surface area is 120 Å². The van der Waals surface area contributed by atoms with Gasteiger partial charge in [0.25, 0.3) is 0 Å². The van der Waals surface area contributed by atoms with Crippen LogP contribution >= 0.6 is 0 Å². The van der Waals surface area contributed by atoms with Crippen molar-refractivity contribution in [2.45, 2.75) is 44.6 Å². The minimum Gasteiger partial charge on any atom is -0.394 e. The highest BCUT2D eigenvalue weighted by atomic mass is 16.8. The lowest BCUT2D eigenvalue weighted by atomic mass is 10.1. The Morgan fingerprint density at radius 3 is 2.65 bits per heavy atom. The van der Waals surface area contributed by atoms with Gasteiger partial charge in [0.2, 0.25) is 0 Å². The first kappa shape index (κ1) is 15.2. The Bertz CT molecular complexity index is 429. The Balaban J connectivity index is 1.99. The molecule has 1 aliphatic heterocycles. The van der Waals surface area contributed by atoms with E-state index in [1.54, 1.807) is 6.08 Å². The Kier molecular flexibility index (Phi) is 4.94. The zero-order valence-electron chi connectivity index (χ0n) is 12.0. The maximum Gasteiger partial charge on any atom is 0.164 e. The lowest BCUT2D eigenvalue weighted by molar-refractivity contribution is -0.163. The molecule has 0 spiro atoms. The molecule has 110 valence electrons. The second-order valence-corrected chi connectivity index (χ2v) is 5.32. The third-order valence-corrected chi connectivity index (χ3v) is 3.25. The Hall–Kier alpha value is -1.20. The van der Waals surface area contributed by atoms with Crippen molar-refractivity contribution in [3.05, 3.63) is 48.6 Å². The molecule has 1 N–H and O–H groups in total. The molecule has 0 aromatic heterocycles. The van der Waals surface area contributed by atoms with E-state index in [1.165, 1.54) is 0 Å². The van der Waals surface area contributed by atoms with Crippen molar-refractivity contribution in [2.75, 3.05) is 6.61 Å². The molecule has 20 heavy (non-hydrogen) atoms. The zero-order chi connectivity index (χ0) is 14.6. The second-order valence-electron chi connectivity index (χ2n) is 5.32. The molecule has 4 heteroatoms. The van der Waals surface area contributed by atoms with E-state index in [0.717, 1.165) is 5.56 Å². The van der Waals surface area contributed by atoms with Gasteiger partial charge in [0.1, 0.15) is 18.3 Å². The van der Waals surface area contributed by atoms with E-state index in [2.05, 4.69) is 6.58 Å². The van der Waals surface area contributed by atoms with Gasteiger partial charge in [-0.25, -0.2) is 0 Å². The summed E-state index contributed by atoms with van der Waals surface area (Å²) in [5.41, 5.74) is 1.05. The normalized spacial score (nSPS) is 26.4. The molecule has 0 unspecified atom stereocenters. The molecule has 0 radical (unpaired) electrons. The molecule has 1 fully saturated rings. The lowest BCUT2D eigenvalue weighted by Crippen LogP contribution is -2.39. The summed E-state index contributed by atoms with van der Waals surface area (Å²) in [4.78, 5) is 0. The molecule has 1 aromatic carbocycles. The summed E-state index contributed by atoms with van der Waals surface area (Å²) in [5.74, 6) is -0.687. The summed E-state index contributed by atoms with van der Waals surface area (Å²) in [6, 6.07) is 9.83. The standard InChI is InChI=1S/C16H22O4/c1-4-13-15(20-16(2,3)19-13)14(10-17)18-11-12-8-6-5-7-9-12/h4-9,13-15,17H,1,10-11H2,2-3H3/t13-,14-,15+/m1/s1. The monoisotopic (exact) mass is 278 g/mol. The highest BCUT2D eigenvalue weighted by Gasteiger charge is 2.44. The van der Waals surface area contributed by atoms with Gasteiger partial charge in [0.15, 0.2) is 5.79 Å². The summed E-state index contributed by atoms with van der Waals surface area (Å²) in [6.45, 7) is 7.74. The molecular formula is C16H22O4. The van der Waals surface area contributed by atoms with Crippen LogP contribution in [0.1, 0.15) is 19.4 Å². The first-order chi connectivity index (χ1) is 9.55. The van der Waals surface area contributed by atoms with Crippen molar-refractivity contribution < 1.29 is 19.3 Å². The van der Waals surface area contributed by atoms with Crippen LogP contribution in [0.15, 0.2) is 43.0 Å². The van der Waals surface area contributed by atoms with E-state index in [4.69, 9.17) is 14.2 Å². The number of hydrogen-bond acceptors (Lipinski definition) is 4. The Morgan fingerprint density at radius 1 is 1.35 bits per heavy atom. The Morgan fingerprint density at radius 2 is 2.05 bits per heavy atom. The summed E-state index contributed by atoms with van der Waals surface area (Å²) in [6.07, 6.45) is 0.614. The minimum absolute atomic E-state index is 0.124. The van der Waals surface area contributed by atoms with Gasteiger partial charge in [-0.15, -0.1) is 6.58 Å².